The van der Waals surface area contributed by atoms with Crippen molar-refractivity contribution in [3.05, 3.63) is 35.4 Å². The minimum atomic E-state index is 0.725. The zero-order chi connectivity index (χ0) is 14.8. The average Bonchev–Trinajstić information content (AvgIpc) is 2.44. The fraction of sp³-hybridized carbons (Fsp3) is 0.529. The van der Waals surface area contributed by atoms with Crippen molar-refractivity contribution in [1.82, 2.24) is 10.2 Å². The molecule has 0 heterocycles. The summed E-state index contributed by atoms with van der Waals surface area (Å²) in [6.07, 6.45) is 3.33. The molecule has 0 bridgehead atoms. The maximum atomic E-state index is 5.69. The molecule has 3 nitrogen and oxygen atoms in total. The first-order chi connectivity index (χ1) is 9.65. The van der Waals surface area contributed by atoms with Crippen molar-refractivity contribution in [1.29, 1.82) is 0 Å². The van der Waals surface area contributed by atoms with E-state index >= 15 is 0 Å². The number of nitrogens with one attached hydrogen (secondary N) is 1. The minimum Gasteiger partial charge on any atom is -0.492 e. The van der Waals surface area contributed by atoms with Crippen LogP contribution < -0.4 is 10.1 Å². The number of benzene rings is 1. The second-order valence-electron chi connectivity index (χ2n) is 5.16. The van der Waals surface area contributed by atoms with E-state index in [-0.39, 0.29) is 0 Å². The van der Waals surface area contributed by atoms with Gasteiger partial charge in [-0.05, 0) is 44.8 Å². The highest BCUT2D eigenvalue weighted by atomic mass is 16.5. The van der Waals surface area contributed by atoms with Gasteiger partial charge in [-0.1, -0.05) is 37.6 Å². The maximum Gasteiger partial charge on any atom is 0.119 e. The minimum absolute atomic E-state index is 0.725. The van der Waals surface area contributed by atoms with Crippen molar-refractivity contribution in [2.24, 2.45) is 0 Å². The maximum absolute atomic E-state index is 5.69. The van der Waals surface area contributed by atoms with E-state index in [0.29, 0.717) is 0 Å². The summed E-state index contributed by atoms with van der Waals surface area (Å²) in [6.45, 7) is 7.96. The van der Waals surface area contributed by atoms with Gasteiger partial charge in [0.15, 0.2) is 0 Å². The summed E-state index contributed by atoms with van der Waals surface area (Å²) in [5, 5.41) is 3.37. The van der Waals surface area contributed by atoms with Gasteiger partial charge < -0.3 is 15.0 Å². The Morgan fingerprint density at radius 2 is 1.90 bits per heavy atom. The van der Waals surface area contributed by atoms with Gasteiger partial charge in [-0.15, -0.1) is 0 Å². The number of likely N-dealkylation sites (N-methyl/N-ethyl adjacent to an activating group) is 2. The molecule has 0 radical (unpaired) electrons. The van der Waals surface area contributed by atoms with E-state index in [9.17, 15) is 0 Å². The predicted octanol–water partition coefficient (Wildman–Crippen LogP) is 3.03. The molecule has 0 amide bonds. The summed E-state index contributed by atoms with van der Waals surface area (Å²) in [6, 6.07) is 8.32. The van der Waals surface area contributed by atoms with Crippen LogP contribution in [-0.4, -0.2) is 45.2 Å². The molecule has 0 aliphatic carbocycles. The molecule has 0 aliphatic rings. The second-order valence-corrected chi connectivity index (χ2v) is 5.16. The SMILES string of the molecule is CCNCC(=Cc1ccc(OCCN(C)C)cc1)CC. The van der Waals surface area contributed by atoms with Gasteiger partial charge in [0.25, 0.3) is 0 Å². The lowest BCUT2D eigenvalue weighted by Gasteiger charge is -2.11. The van der Waals surface area contributed by atoms with Crippen LogP contribution in [0.4, 0.5) is 0 Å². The Labute approximate surface area is 123 Å². The van der Waals surface area contributed by atoms with Crippen LogP contribution in [-0.2, 0) is 0 Å². The third kappa shape index (κ3) is 6.73. The van der Waals surface area contributed by atoms with E-state index in [1.165, 1.54) is 11.1 Å². The lowest BCUT2D eigenvalue weighted by molar-refractivity contribution is 0.261. The van der Waals surface area contributed by atoms with Crippen LogP contribution in [0.15, 0.2) is 29.8 Å². The van der Waals surface area contributed by atoms with Crippen molar-refractivity contribution in [2.75, 3.05) is 40.3 Å². The average molecular weight is 276 g/mol. The normalized spacial score (nSPS) is 11.9. The Hall–Kier alpha value is -1.32. The molecule has 0 aliphatic heterocycles. The molecular formula is C17H28N2O. The number of hydrogen-bond donors (Lipinski definition) is 1. The lowest BCUT2D eigenvalue weighted by Crippen LogP contribution is -2.19. The second kappa shape index (κ2) is 9.56. The lowest BCUT2D eigenvalue weighted by atomic mass is 10.1. The number of nitrogens with zero attached hydrogens (tertiary/aromatic N) is 1. The van der Waals surface area contributed by atoms with Gasteiger partial charge in [0, 0.05) is 13.1 Å². The fourth-order valence-corrected chi connectivity index (χ4v) is 1.81. The van der Waals surface area contributed by atoms with E-state index in [1.807, 2.05) is 26.2 Å². The van der Waals surface area contributed by atoms with Crippen LogP contribution in [0.3, 0.4) is 0 Å². The van der Waals surface area contributed by atoms with E-state index in [4.69, 9.17) is 4.74 Å². The Morgan fingerprint density at radius 3 is 2.45 bits per heavy atom. The van der Waals surface area contributed by atoms with Crippen molar-refractivity contribution in [3.63, 3.8) is 0 Å². The third-order valence-electron chi connectivity index (χ3n) is 3.11. The van der Waals surface area contributed by atoms with E-state index in [1.54, 1.807) is 0 Å². The van der Waals surface area contributed by atoms with Crippen LogP contribution in [0.2, 0.25) is 0 Å². The molecule has 1 N–H and O–H groups in total. The summed E-state index contributed by atoms with van der Waals surface area (Å²) < 4.78 is 5.69. The number of rotatable bonds is 9. The summed E-state index contributed by atoms with van der Waals surface area (Å²) in [5.74, 6) is 0.939. The highest BCUT2D eigenvalue weighted by molar-refractivity contribution is 5.54. The molecule has 0 fully saturated rings. The van der Waals surface area contributed by atoms with Crippen molar-refractivity contribution >= 4 is 6.08 Å². The molecule has 0 saturated heterocycles. The molecule has 0 saturated carbocycles. The van der Waals surface area contributed by atoms with Crippen molar-refractivity contribution < 1.29 is 4.74 Å². The summed E-state index contributed by atoms with van der Waals surface area (Å²) in [5.41, 5.74) is 2.66. The highest BCUT2D eigenvalue weighted by Crippen LogP contribution is 2.15. The molecule has 1 aromatic rings. The first-order valence-corrected chi connectivity index (χ1v) is 7.43. The van der Waals surface area contributed by atoms with Crippen molar-refractivity contribution in [3.8, 4) is 5.75 Å². The van der Waals surface area contributed by atoms with Crippen molar-refractivity contribution in [2.45, 2.75) is 20.3 Å². The molecule has 0 spiro atoms. The molecule has 0 aromatic heterocycles. The monoisotopic (exact) mass is 276 g/mol. The van der Waals surface area contributed by atoms with Gasteiger partial charge in [0.2, 0.25) is 0 Å². The van der Waals surface area contributed by atoms with Crippen LogP contribution in [0, 0.1) is 0 Å². The van der Waals surface area contributed by atoms with E-state index in [2.05, 4.69) is 42.3 Å². The first kappa shape index (κ1) is 16.7. The molecule has 20 heavy (non-hydrogen) atoms. The molecule has 0 atom stereocenters. The predicted molar refractivity (Wildman–Crippen MR) is 87.3 cm³/mol. The molecule has 0 unspecified atom stereocenters. The molecule has 112 valence electrons. The zero-order valence-electron chi connectivity index (χ0n) is 13.3. The quantitative estimate of drug-likeness (QED) is 0.750. The van der Waals surface area contributed by atoms with Crippen LogP contribution in [0.25, 0.3) is 6.08 Å². The third-order valence-corrected chi connectivity index (χ3v) is 3.11. The van der Waals surface area contributed by atoms with Gasteiger partial charge in [-0.3, -0.25) is 0 Å². The van der Waals surface area contributed by atoms with Gasteiger partial charge in [-0.25, -0.2) is 0 Å². The molecule has 3 heteroatoms. The number of hydrogen-bond acceptors (Lipinski definition) is 3. The van der Waals surface area contributed by atoms with E-state index in [0.717, 1.165) is 38.4 Å². The zero-order valence-corrected chi connectivity index (χ0v) is 13.3. The molecule has 1 aromatic carbocycles. The standard InChI is InChI=1S/C17H28N2O/c1-5-15(14-18-6-2)13-16-7-9-17(10-8-16)20-12-11-19(3)4/h7-10,13,18H,5-6,11-12,14H2,1-4H3. The van der Waals surface area contributed by atoms with Crippen LogP contribution >= 0.6 is 0 Å². The fourth-order valence-electron chi connectivity index (χ4n) is 1.81. The summed E-state index contributed by atoms with van der Waals surface area (Å²) >= 11 is 0. The Kier molecular flexibility index (Phi) is 8.00. The Balaban J connectivity index is 2.54. The van der Waals surface area contributed by atoms with Crippen LogP contribution in [0.1, 0.15) is 25.8 Å². The Morgan fingerprint density at radius 1 is 1.20 bits per heavy atom. The molecule has 1 rings (SSSR count). The van der Waals surface area contributed by atoms with Gasteiger partial charge in [0.1, 0.15) is 12.4 Å². The van der Waals surface area contributed by atoms with Crippen LogP contribution in [0.5, 0.6) is 5.75 Å². The highest BCUT2D eigenvalue weighted by Gasteiger charge is 1.97. The largest absolute Gasteiger partial charge is 0.492 e. The van der Waals surface area contributed by atoms with E-state index < -0.39 is 0 Å². The van der Waals surface area contributed by atoms with Gasteiger partial charge >= 0.3 is 0 Å². The summed E-state index contributed by atoms with van der Waals surface area (Å²) in [7, 11) is 4.10. The number of ether oxygens (including phenoxy) is 1. The molecular weight excluding hydrogens is 248 g/mol. The topological polar surface area (TPSA) is 24.5 Å². The van der Waals surface area contributed by atoms with Gasteiger partial charge in [-0.2, -0.15) is 0 Å². The summed E-state index contributed by atoms with van der Waals surface area (Å²) in [4.78, 5) is 2.12. The van der Waals surface area contributed by atoms with Gasteiger partial charge in [0.05, 0.1) is 0 Å². The smallest absolute Gasteiger partial charge is 0.119 e. The Bertz CT molecular complexity index is 396. The first-order valence-electron chi connectivity index (χ1n) is 7.43.